The molecule has 1 unspecified atom stereocenters. The van der Waals surface area contributed by atoms with Crippen LogP contribution in [0.4, 0.5) is 4.79 Å². The van der Waals surface area contributed by atoms with Gasteiger partial charge in [-0.2, -0.15) is 0 Å². The summed E-state index contributed by atoms with van der Waals surface area (Å²) in [6, 6.07) is 0. The number of nitrogens with zero attached hydrogens (tertiary/aromatic N) is 2. The van der Waals surface area contributed by atoms with Gasteiger partial charge in [-0.25, -0.2) is 9.59 Å². The second-order valence-electron chi connectivity index (χ2n) is 2.57. The summed E-state index contributed by atoms with van der Waals surface area (Å²) < 4.78 is 9.09. The minimum Gasteiger partial charge on any atom is -0.463 e. The highest BCUT2D eigenvalue weighted by molar-refractivity contribution is 6.33. The number of amides is 1. The average molecular weight is 237 g/mol. The minimum absolute atomic E-state index is 0.177. The van der Waals surface area contributed by atoms with Gasteiger partial charge in [0.1, 0.15) is 0 Å². The Bertz CT molecular complexity index is 265. The summed E-state index contributed by atoms with van der Waals surface area (Å²) in [7, 11) is 0. The van der Waals surface area contributed by atoms with Gasteiger partial charge >= 0.3 is 12.1 Å². The highest BCUT2D eigenvalue weighted by atomic mass is 35.5. The monoisotopic (exact) mass is 236 g/mol. The standard InChI is InChI=1S/C8H13ClN2O4/c1-4-14-6(12)8(3,9)11-10-7(13)15-5-2/h4-5H2,1-3H3/b11-10+. The lowest BCUT2D eigenvalue weighted by atomic mass is 10.3. The summed E-state index contributed by atoms with van der Waals surface area (Å²) in [6.45, 7) is 4.88. The third-order valence-electron chi connectivity index (χ3n) is 1.24. The Labute approximate surface area is 92.6 Å². The molecule has 0 aromatic heterocycles. The van der Waals surface area contributed by atoms with Crippen LogP contribution in [0.15, 0.2) is 10.2 Å². The van der Waals surface area contributed by atoms with Crippen LogP contribution in [-0.4, -0.2) is 30.3 Å². The fourth-order valence-electron chi connectivity index (χ4n) is 0.591. The molecule has 0 bridgehead atoms. The van der Waals surface area contributed by atoms with Crippen LogP contribution in [0.5, 0.6) is 0 Å². The highest BCUT2D eigenvalue weighted by Crippen LogP contribution is 2.18. The molecular formula is C8H13ClN2O4. The number of carbonyl (C=O) groups is 2. The number of ether oxygens (including phenoxy) is 2. The Morgan fingerprint density at radius 1 is 1.27 bits per heavy atom. The van der Waals surface area contributed by atoms with Crippen LogP contribution in [0.1, 0.15) is 20.8 Å². The van der Waals surface area contributed by atoms with Crippen LogP contribution in [0.3, 0.4) is 0 Å². The van der Waals surface area contributed by atoms with Gasteiger partial charge in [0.2, 0.25) is 5.00 Å². The summed E-state index contributed by atoms with van der Waals surface area (Å²) in [5, 5.41) is 6.45. The van der Waals surface area contributed by atoms with Gasteiger partial charge in [-0.15, -0.1) is 5.11 Å². The van der Waals surface area contributed by atoms with Crippen molar-refractivity contribution in [3.8, 4) is 0 Å². The van der Waals surface area contributed by atoms with Crippen LogP contribution in [0, 0.1) is 0 Å². The van der Waals surface area contributed by atoms with E-state index in [1.165, 1.54) is 6.92 Å². The van der Waals surface area contributed by atoms with Gasteiger partial charge in [0, 0.05) is 0 Å². The van der Waals surface area contributed by atoms with E-state index in [-0.39, 0.29) is 13.2 Å². The van der Waals surface area contributed by atoms with E-state index in [0.717, 1.165) is 0 Å². The van der Waals surface area contributed by atoms with Gasteiger partial charge in [-0.3, -0.25) is 0 Å². The second kappa shape index (κ2) is 6.34. The maximum absolute atomic E-state index is 11.2. The molecular weight excluding hydrogens is 224 g/mol. The molecule has 0 N–H and O–H groups in total. The molecule has 15 heavy (non-hydrogen) atoms. The topological polar surface area (TPSA) is 77.3 Å². The number of carbonyl (C=O) groups excluding carboxylic acids is 2. The molecule has 0 fully saturated rings. The van der Waals surface area contributed by atoms with Crippen LogP contribution < -0.4 is 0 Å². The molecule has 0 radical (unpaired) electrons. The van der Waals surface area contributed by atoms with Crippen molar-refractivity contribution in [1.82, 2.24) is 0 Å². The quantitative estimate of drug-likeness (QED) is 0.324. The number of esters is 1. The fourth-order valence-corrected chi connectivity index (χ4v) is 0.683. The molecule has 0 heterocycles. The van der Waals surface area contributed by atoms with Crippen molar-refractivity contribution in [2.75, 3.05) is 13.2 Å². The van der Waals surface area contributed by atoms with Crippen molar-refractivity contribution in [2.24, 2.45) is 10.2 Å². The molecule has 0 aliphatic carbocycles. The second-order valence-corrected chi connectivity index (χ2v) is 3.31. The molecule has 0 saturated carbocycles. The van der Waals surface area contributed by atoms with Crippen LogP contribution >= 0.6 is 11.6 Å². The summed E-state index contributed by atoms with van der Waals surface area (Å²) in [4.78, 5) is 20.3. The predicted molar refractivity (Wildman–Crippen MR) is 52.8 cm³/mol. The lowest BCUT2D eigenvalue weighted by Crippen LogP contribution is -2.28. The van der Waals surface area contributed by atoms with Gasteiger partial charge < -0.3 is 9.47 Å². The van der Waals surface area contributed by atoms with Crippen molar-refractivity contribution in [2.45, 2.75) is 25.8 Å². The molecule has 0 rings (SSSR count). The van der Waals surface area contributed by atoms with Crippen molar-refractivity contribution in [3.05, 3.63) is 0 Å². The molecule has 1 amide bonds. The number of hydrogen-bond donors (Lipinski definition) is 0. The van der Waals surface area contributed by atoms with E-state index in [4.69, 9.17) is 11.6 Å². The first kappa shape index (κ1) is 13.8. The van der Waals surface area contributed by atoms with Gasteiger partial charge in [0.25, 0.3) is 0 Å². The normalized spacial score (nSPS) is 14.7. The minimum atomic E-state index is -1.69. The summed E-state index contributed by atoms with van der Waals surface area (Å²) in [5.74, 6) is -0.764. The molecule has 6 nitrogen and oxygen atoms in total. The average Bonchev–Trinajstić information content (AvgIpc) is 2.16. The Kier molecular flexibility index (Phi) is 5.84. The van der Waals surface area contributed by atoms with Gasteiger partial charge in [0.05, 0.1) is 13.2 Å². The maximum atomic E-state index is 11.2. The van der Waals surface area contributed by atoms with E-state index >= 15 is 0 Å². The molecule has 0 spiro atoms. The SMILES string of the molecule is CCOC(=O)/N=N/C(C)(Cl)C(=O)OCC. The van der Waals surface area contributed by atoms with Crippen LogP contribution in [0.2, 0.25) is 0 Å². The largest absolute Gasteiger partial charge is 0.463 e. The number of azo groups is 1. The Hall–Kier alpha value is -1.17. The van der Waals surface area contributed by atoms with E-state index in [1.807, 2.05) is 0 Å². The number of halogens is 1. The van der Waals surface area contributed by atoms with E-state index in [2.05, 4.69) is 19.7 Å². The molecule has 0 saturated heterocycles. The zero-order valence-electron chi connectivity index (χ0n) is 8.82. The molecule has 7 heteroatoms. The molecule has 0 aliphatic heterocycles. The van der Waals surface area contributed by atoms with Crippen molar-refractivity contribution < 1.29 is 19.1 Å². The highest BCUT2D eigenvalue weighted by Gasteiger charge is 2.32. The fraction of sp³-hybridized carbons (Fsp3) is 0.750. The van der Waals surface area contributed by atoms with E-state index < -0.39 is 17.1 Å². The zero-order chi connectivity index (χ0) is 11.9. The Morgan fingerprint density at radius 2 is 1.80 bits per heavy atom. The molecule has 86 valence electrons. The first-order chi connectivity index (χ1) is 6.94. The van der Waals surface area contributed by atoms with Crippen molar-refractivity contribution >= 4 is 23.7 Å². The van der Waals surface area contributed by atoms with Gasteiger partial charge in [-0.1, -0.05) is 16.7 Å². The number of alkyl halides is 1. The summed E-state index contributed by atoms with van der Waals surface area (Å²) >= 11 is 5.67. The third-order valence-corrected chi connectivity index (χ3v) is 1.47. The summed E-state index contributed by atoms with van der Waals surface area (Å²) in [6.07, 6.45) is -0.895. The number of hydrogen-bond acceptors (Lipinski definition) is 5. The molecule has 0 aromatic carbocycles. The Balaban J connectivity index is 4.35. The zero-order valence-corrected chi connectivity index (χ0v) is 9.58. The first-order valence-electron chi connectivity index (χ1n) is 4.39. The lowest BCUT2D eigenvalue weighted by Gasteiger charge is -2.12. The first-order valence-corrected chi connectivity index (χ1v) is 4.77. The summed E-state index contributed by atoms with van der Waals surface area (Å²) in [5.41, 5.74) is 0. The van der Waals surface area contributed by atoms with Gasteiger partial charge in [-0.05, 0) is 20.8 Å². The van der Waals surface area contributed by atoms with Crippen molar-refractivity contribution in [3.63, 3.8) is 0 Å². The predicted octanol–water partition coefficient (Wildman–Crippen LogP) is 2.11. The van der Waals surface area contributed by atoms with Crippen LogP contribution in [0.25, 0.3) is 0 Å². The van der Waals surface area contributed by atoms with Crippen molar-refractivity contribution in [1.29, 1.82) is 0 Å². The van der Waals surface area contributed by atoms with Gasteiger partial charge in [0.15, 0.2) is 0 Å². The lowest BCUT2D eigenvalue weighted by molar-refractivity contribution is -0.145. The maximum Gasteiger partial charge on any atom is 0.452 e. The Morgan fingerprint density at radius 3 is 2.27 bits per heavy atom. The smallest absolute Gasteiger partial charge is 0.452 e. The van der Waals surface area contributed by atoms with E-state index in [1.54, 1.807) is 13.8 Å². The number of rotatable bonds is 4. The van der Waals surface area contributed by atoms with Crippen LogP contribution in [-0.2, 0) is 14.3 Å². The van der Waals surface area contributed by atoms with E-state index in [0.29, 0.717) is 0 Å². The third kappa shape index (κ3) is 5.31. The van der Waals surface area contributed by atoms with E-state index in [9.17, 15) is 9.59 Å². The molecule has 1 atom stereocenters. The molecule has 0 aromatic rings. The molecule has 0 aliphatic rings.